The number of hydrogen-bond acceptors (Lipinski definition) is 4. The van der Waals surface area contributed by atoms with Crippen LogP contribution in [0.15, 0.2) is 40.1 Å². The van der Waals surface area contributed by atoms with E-state index in [0.717, 1.165) is 46.5 Å². The second-order valence-corrected chi connectivity index (χ2v) is 8.21. The van der Waals surface area contributed by atoms with Gasteiger partial charge < -0.3 is 9.47 Å². The first kappa shape index (κ1) is 23.7. The van der Waals surface area contributed by atoms with E-state index in [0.29, 0.717) is 23.5 Å². The highest BCUT2D eigenvalue weighted by atomic mass is 35.5. The molecule has 0 amide bonds. The molecule has 0 N–H and O–H groups in total. The van der Waals surface area contributed by atoms with Gasteiger partial charge in [0.1, 0.15) is 5.49 Å². The molecule has 2 heterocycles. The summed E-state index contributed by atoms with van der Waals surface area (Å²) in [4.78, 5) is 18.2. The van der Waals surface area contributed by atoms with Gasteiger partial charge in [0.15, 0.2) is 11.5 Å². The Morgan fingerprint density at radius 3 is 2.19 bits per heavy atom. The molecule has 6 nitrogen and oxygen atoms in total. The fourth-order valence-electron chi connectivity index (χ4n) is 4.48. The molecule has 3 aromatic rings. The van der Waals surface area contributed by atoms with Gasteiger partial charge >= 0.3 is 5.69 Å². The summed E-state index contributed by atoms with van der Waals surface area (Å²) in [5, 5.41) is 0. The van der Waals surface area contributed by atoms with Gasteiger partial charge in [-0.3, -0.25) is 9.13 Å². The summed E-state index contributed by atoms with van der Waals surface area (Å²) in [6.45, 7) is 6.85. The van der Waals surface area contributed by atoms with Crippen LogP contribution in [-0.4, -0.2) is 23.4 Å². The fourth-order valence-corrected chi connectivity index (χ4v) is 4.48. The predicted molar refractivity (Wildman–Crippen MR) is 130 cm³/mol. The van der Waals surface area contributed by atoms with Gasteiger partial charge in [0, 0.05) is 25.2 Å². The van der Waals surface area contributed by atoms with Crippen LogP contribution in [0.5, 0.6) is 11.5 Å². The number of halogens is 1. The quantitative estimate of drug-likeness (QED) is 0.588. The average Bonchev–Trinajstić information content (AvgIpc) is 2.91. The Labute approximate surface area is 194 Å². The Morgan fingerprint density at radius 2 is 1.56 bits per heavy atom. The molecule has 0 unspecified atom stereocenters. The van der Waals surface area contributed by atoms with Gasteiger partial charge in [-0.1, -0.05) is 17.7 Å². The van der Waals surface area contributed by atoms with E-state index in [-0.39, 0.29) is 18.1 Å². The number of nitrogens with zero attached hydrogens (tertiary/aromatic N) is 3. The summed E-state index contributed by atoms with van der Waals surface area (Å²) in [7, 11) is 5.05. The summed E-state index contributed by atoms with van der Waals surface area (Å²) in [6, 6.07) is 10.2. The molecule has 0 bridgehead atoms. The minimum Gasteiger partial charge on any atom is -0.493 e. The number of methoxy groups -OCH3 is 2. The van der Waals surface area contributed by atoms with Crippen LogP contribution in [0.1, 0.15) is 28.7 Å². The zero-order valence-electron chi connectivity index (χ0n) is 19.5. The highest BCUT2D eigenvalue weighted by Gasteiger charge is 2.20. The highest BCUT2D eigenvalue weighted by molar-refractivity contribution is 5.85. The van der Waals surface area contributed by atoms with Gasteiger partial charge in [-0.25, -0.2) is 9.79 Å². The van der Waals surface area contributed by atoms with Crippen LogP contribution in [0.4, 0.5) is 5.69 Å². The van der Waals surface area contributed by atoms with Crippen molar-refractivity contribution < 1.29 is 9.47 Å². The molecule has 0 aliphatic carbocycles. The minimum atomic E-state index is -0.0682. The van der Waals surface area contributed by atoms with E-state index in [4.69, 9.17) is 14.5 Å². The van der Waals surface area contributed by atoms with Gasteiger partial charge in [-0.2, -0.15) is 0 Å². The molecule has 1 aromatic heterocycles. The average molecular weight is 456 g/mol. The topological polar surface area (TPSA) is 57.8 Å². The van der Waals surface area contributed by atoms with Gasteiger partial charge in [0.25, 0.3) is 0 Å². The highest BCUT2D eigenvalue weighted by Crippen LogP contribution is 2.37. The maximum Gasteiger partial charge on any atom is 0.329 e. The molecule has 0 atom stereocenters. The summed E-state index contributed by atoms with van der Waals surface area (Å²) >= 11 is 0. The molecule has 32 heavy (non-hydrogen) atoms. The third kappa shape index (κ3) is 4.07. The molecule has 0 saturated carbocycles. The molecule has 1 aliphatic rings. The first-order valence-corrected chi connectivity index (χ1v) is 10.5. The SMILES string of the molecule is COc1cc2c(cc1OC)-c1cc(=Nc3c(C)cc(C)cc3C)n(C)c(=O)n1CCC2.Cl. The van der Waals surface area contributed by atoms with Crippen molar-refractivity contribution in [3.8, 4) is 22.8 Å². The van der Waals surface area contributed by atoms with E-state index in [1.807, 2.05) is 22.8 Å². The Balaban J connectivity index is 0.00000289. The van der Waals surface area contributed by atoms with Crippen molar-refractivity contribution in [2.75, 3.05) is 14.2 Å². The third-order valence-corrected chi connectivity index (χ3v) is 5.99. The molecule has 0 saturated heterocycles. The summed E-state index contributed by atoms with van der Waals surface area (Å²) in [5.74, 6) is 1.36. The lowest BCUT2D eigenvalue weighted by Gasteiger charge is -2.16. The largest absolute Gasteiger partial charge is 0.493 e. The van der Waals surface area contributed by atoms with Gasteiger partial charge in [-0.05, 0) is 62.4 Å². The van der Waals surface area contributed by atoms with Crippen LogP contribution in [0.2, 0.25) is 0 Å². The Hall–Kier alpha value is -2.99. The van der Waals surface area contributed by atoms with Gasteiger partial charge in [0.2, 0.25) is 0 Å². The second-order valence-electron chi connectivity index (χ2n) is 8.21. The lowest BCUT2D eigenvalue weighted by molar-refractivity contribution is 0.354. The molecule has 4 rings (SSSR count). The van der Waals surface area contributed by atoms with Crippen LogP contribution in [-0.2, 0) is 20.0 Å². The Bertz CT molecular complexity index is 1280. The molecule has 7 heteroatoms. The zero-order chi connectivity index (χ0) is 22.3. The zero-order valence-corrected chi connectivity index (χ0v) is 20.3. The van der Waals surface area contributed by atoms with Crippen molar-refractivity contribution >= 4 is 18.1 Å². The van der Waals surface area contributed by atoms with E-state index in [1.54, 1.807) is 25.8 Å². The molecule has 170 valence electrons. The standard InChI is InChI=1S/C25H29N3O3.ClH/c1-15-10-16(2)24(17(3)11-15)26-23-14-20-19-13-22(31-6)21(30-5)12-18(19)8-7-9-28(20)25(29)27(23)4;/h10-14H,7-9H2,1-6H3;1H. The number of hydrogen-bond donors (Lipinski definition) is 0. The number of aryl methyl sites for hydroxylation is 4. The van der Waals surface area contributed by atoms with Crippen molar-refractivity contribution in [2.24, 2.45) is 12.0 Å². The van der Waals surface area contributed by atoms with Crippen molar-refractivity contribution in [1.29, 1.82) is 0 Å². The predicted octanol–water partition coefficient (Wildman–Crippen LogP) is 4.40. The van der Waals surface area contributed by atoms with Crippen LogP contribution < -0.4 is 20.7 Å². The smallest absolute Gasteiger partial charge is 0.329 e. The summed E-state index contributed by atoms with van der Waals surface area (Å²) in [5.41, 5.74) is 7.86. The minimum absolute atomic E-state index is 0. The van der Waals surface area contributed by atoms with Crippen LogP contribution >= 0.6 is 12.4 Å². The first-order valence-electron chi connectivity index (χ1n) is 10.5. The van der Waals surface area contributed by atoms with Crippen molar-refractivity contribution in [3.63, 3.8) is 0 Å². The van der Waals surface area contributed by atoms with Gasteiger partial charge in [0.05, 0.1) is 25.6 Å². The van der Waals surface area contributed by atoms with Crippen LogP contribution in [0, 0.1) is 20.8 Å². The number of ether oxygens (including phenoxy) is 2. The van der Waals surface area contributed by atoms with E-state index >= 15 is 0 Å². The Kier molecular flexibility index (Phi) is 6.84. The van der Waals surface area contributed by atoms with E-state index in [1.165, 1.54) is 5.56 Å². The first-order chi connectivity index (χ1) is 14.8. The summed E-state index contributed by atoms with van der Waals surface area (Å²) in [6.07, 6.45) is 1.74. The monoisotopic (exact) mass is 455 g/mol. The summed E-state index contributed by atoms with van der Waals surface area (Å²) < 4.78 is 14.5. The second kappa shape index (κ2) is 9.25. The van der Waals surface area contributed by atoms with Gasteiger partial charge in [-0.15, -0.1) is 12.4 Å². The van der Waals surface area contributed by atoms with Crippen LogP contribution in [0.25, 0.3) is 11.3 Å². The van der Waals surface area contributed by atoms with E-state index in [2.05, 4.69) is 32.9 Å². The number of fused-ring (bicyclic) bond motifs is 3. The number of aromatic nitrogens is 2. The molecular weight excluding hydrogens is 426 g/mol. The lowest BCUT2D eigenvalue weighted by atomic mass is 10.0. The fraction of sp³-hybridized carbons (Fsp3) is 0.360. The molecular formula is C25H30ClN3O3. The number of benzene rings is 2. The molecule has 1 aliphatic heterocycles. The van der Waals surface area contributed by atoms with Crippen molar-refractivity contribution in [2.45, 2.75) is 40.2 Å². The van der Waals surface area contributed by atoms with Crippen molar-refractivity contribution in [1.82, 2.24) is 9.13 Å². The Morgan fingerprint density at radius 1 is 0.938 bits per heavy atom. The number of rotatable bonds is 3. The molecule has 2 aromatic carbocycles. The molecule has 0 spiro atoms. The normalized spacial score (nSPS) is 13.0. The third-order valence-electron chi connectivity index (χ3n) is 5.99. The van der Waals surface area contributed by atoms with Crippen LogP contribution in [0.3, 0.4) is 0 Å². The molecule has 0 fully saturated rings. The lowest BCUT2D eigenvalue weighted by Crippen LogP contribution is -2.38. The molecule has 0 radical (unpaired) electrons. The van der Waals surface area contributed by atoms with E-state index < -0.39 is 0 Å². The van der Waals surface area contributed by atoms with Crippen molar-refractivity contribution in [3.05, 3.63) is 68.6 Å². The maximum atomic E-state index is 13.3. The van der Waals surface area contributed by atoms with E-state index in [9.17, 15) is 4.79 Å². The maximum absolute atomic E-state index is 13.3.